The summed E-state index contributed by atoms with van der Waals surface area (Å²) in [5.41, 5.74) is -0.0977. The van der Waals surface area contributed by atoms with E-state index >= 15 is 0 Å². The van der Waals surface area contributed by atoms with E-state index in [1.807, 2.05) is 11.8 Å². The zero-order valence-electron chi connectivity index (χ0n) is 11.4. The molecule has 0 bridgehead atoms. The average Bonchev–Trinajstić information content (AvgIpc) is 2.83. The molecule has 0 aromatic rings. The van der Waals surface area contributed by atoms with Crippen LogP contribution in [0.3, 0.4) is 0 Å². The minimum atomic E-state index is -0.149. The quantitative estimate of drug-likeness (QED) is 0.790. The lowest BCUT2D eigenvalue weighted by Gasteiger charge is -2.31. The zero-order chi connectivity index (χ0) is 13.0. The normalized spacial score (nSPS) is 30.4. The van der Waals surface area contributed by atoms with Crippen LogP contribution in [0.4, 0.5) is 0 Å². The number of rotatable bonds is 4. The van der Waals surface area contributed by atoms with Gasteiger partial charge in [0.2, 0.25) is 5.91 Å². The lowest BCUT2D eigenvalue weighted by molar-refractivity contribution is -0.137. The van der Waals surface area contributed by atoms with Crippen LogP contribution in [0.15, 0.2) is 0 Å². The number of hydrogen-bond acceptors (Lipinski definition) is 4. The molecule has 5 heteroatoms. The maximum atomic E-state index is 12.2. The maximum Gasteiger partial charge on any atom is 0.239 e. The summed E-state index contributed by atoms with van der Waals surface area (Å²) >= 11 is 0. The summed E-state index contributed by atoms with van der Waals surface area (Å²) in [6.45, 7) is 8.33. The Bertz CT molecular complexity index is 284. The number of nitrogens with zero attached hydrogens (tertiary/aromatic N) is 1. The fourth-order valence-electron chi connectivity index (χ4n) is 2.49. The molecule has 0 radical (unpaired) electrons. The van der Waals surface area contributed by atoms with Crippen LogP contribution in [0.5, 0.6) is 0 Å². The van der Waals surface area contributed by atoms with Crippen molar-refractivity contribution >= 4 is 5.91 Å². The highest BCUT2D eigenvalue weighted by molar-refractivity contribution is 5.81. The topological polar surface area (TPSA) is 50.8 Å². The van der Waals surface area contributed by atoms with Crippen molar-refractivity contribution in [3.05, 3.63) is 0 Å². The van der Waals surface area contributed by atoms with E-state index < -0.39 is 0 Å². The van der Waals surface area contributed by atoms with Gasteiger partial charge in [-0.3, -0.25) is 4.79 Å². The molecule has 2 aliphatic rings. The highest BCUT2D eigenvalue weighted by Crippen LogP contribution is 2.24. The Morgan fingerprint density at radius 1 is 1.39 bits per heavy atom. The molecule has 0 aromatic carbocycles. The van der Waals surface area contributed by atoms with E-state index in [9.17, 15) is 4.79 Å². The Morgan fingerprint density at radius 2 is 2.11 bits per heavy atom. The first-order chi connectivity index (χ1) is 8.61. The predicted octanol–water partition coefficient (Wildman–Crippen LogP) is 0.392. The Kier molecular flexibility index (Phi) is 4.59. The van der Waals surface area contributed by atoms with Crippen LogP contribution in [-0.2, 0) is 14.3 Å². The van der Waals surface area contributed by atoms with Crippen molar-refractivity contribution in [2.24, 2.45) is 0 Å². The lowest BCUT2D eigenvalue weighted by atomic mass is 10.0. The van der Waals surface area contributed by atoms with Gasteiger partial charge in [0.15, 0.2) is 0 Å². The number of carbonyl (C=O) groups is 1. The highest BCUT2D eigenvalue weighted by atomic mass is 16.5. The number of hydrogen-bond donors (Lipinski definition) is 1. The van der Waals surface area contributed by atoms with Crippen molar-refractivity contribution in [1.29, 1.82) is 0 Å². The van der Waals surface area contributed by atoms with E-state index in [1.54, 1.807) is 0 Å². The molecule has 2 unspecified atom stereocenters. The summed E-state index contributed by atoms with van der Waals surface area (Å²) in [7, 11) is 0. The molecule has 18 heavy (non-hydrogen) atoms. The van der Waals surface area contributed by atoms with Gasteiger partial charge in [-0.25, -0.2) is 0 Å². The van der Waals surface area contributed by atoms with Gasteiger partial charge < -0.3 is 19.7 Å². The second-order valence-corrected chi connectivity index (χ2v) is 5.44. The van der Waals surface area contributed by atoms with Gasteiger partial charge in [0, 0.05) is 26.2 Å². The minimum Gasteiger partial charge on any atom is -0.378 e. The van der Waals surface area contributed by atoms with Gasteiger partial charge >= 0.3 is 0 Å². The highest BCUT2D eigenvalue weighted by Gasteiger charge is 2.31. The molecule has 1 N–H and O–H groups in total. The Labute approximate surface area is 109 Å². The van der Waals surface area contributed by atoms with Gasteiger partial charge in [0.25, 0.3) is 0 Å². The first-order valence-electron chi connectivity index (χ1n) is 6.85. The summed E-state index contributed by atoms with van der Waals surface area (Å²) in [5, 5.41) is 3.31. The molecular formula is C13H24N2O3. The number of morpholine rings is 1. The summed E-state index contributed by atoms with van der Waals surface area (Å²) in [4.78, 5) is 14.0. The molecule has 2 heterocycles. The third-order valence-corrected chi connectivity index (χ3v) is 3.78. The van der Waals surface area contributed by atoms with Gasteiger partial charge in [-0.15, -0.1) is 0 Å². The number of nitrogens with one attached hydrogen (secondary N) is 1. The molecule has 2 fully saturated rings. The van der Waals surface area contributed by atoms with Gasteiger partial charge in [-0.1, -0.05) is 0 Å². The molecule has 1 amide bonds. The summed E-state index contributed by atoms with van der Waals surface area (Å²) in [6.07, 6.45) is 2.18. The van der Waals surface area contributed by atoms with Crippen LogP contribution in [-0.4, -0.2) is 61.9 Å². The van der Waals surface area contributed by atoms with Crippen LogP contribution < -0.4 is 5.32 Å². The number of amides is 1. The summed E-state index contributed by atoms with van der Waals surface area (Å²) < 4.78 is 11.0. The molecule has 0 spiro atoms. The van der Waals surface area contributed by atoms with E-state index in [2.05, 4.69) is 12.2 Å². The van der Waals surface area contributed by atoms with Crippen molar-refractivity contribution in [3.8, 4) is 0 Å². The molecule has 0 aromatic heterocycles. The monoisotopic (exact) mass is 256 g/mol. The van der Waals surface area contributed by atoms with E-state index in [-0.39, 0.29) is 17.6 Å². The van der Waals surface area contributed by atoms with Gasteiger partial charge in [-0.05, 0) is 26.7 Å². The van der Waals surface area contributed by atoms with Crippen molar-refractivity contribution in [3.63, 3.8) is 0 Å². The Balaban J connectivity index is 1.76. The Hall–Kier alpha value is -0.650. The van der Waals surface area contributed by atoms with E-state index in [0.29, 0.717) is 26.3 Å². The summed E-state index contributed by atoms with van der Waals surface area (Å²) in [6, 6.07) is -0.149. The van der Waals surface area contributed by atoms with Gasteiger partial charge in [-0.2, -0.15) is 0 Å². The molecule has 2 atom stereocenters. The van der Waals surface area contributed by atoms with E-state index in [0.717, 1.165) is 26.0 Å². The van der Waals surface area contributed by atoms with Crippen LogP contribution in [0.25, 0.3) is 0 Å². The van der Waals surface area contributed by atoms with Gasteiger partial charge in [0.05, 0.1) is 24.9 Å². The average molecular weight is 256 g/mol. The standard InChI is InChI=1S/C13H24N2O3/c1-11(12(16)15-5-8-17-9-6-15)14-10-13(2)4-3-7-18-13/h11,14H,3-10H2,1-2H3. The van der Waals surface area contributed by atoms with Crippen LogP contribution in [0.1, 0.15) is 26.7 Å². The van der Waals surface area contributed by atoms with Crippen LogP contribution in [0, 0.1) is 0 Å². The summed E-state index contributed by atoms with van der Waals surface area (Å²) in [5.74, 6) is 0.167. The van der Waals surface area contributed by atoms with Crippen molar-refractivity contribution in [2.45, 2.75) is 38.3 Å². The first kappa shape index (κ1) is 13.8. The van der Waals surface area contributed by atoms with Crippen molar-refractivity contribution in [2.75, 3.05) is 39.5 Å². The zero-order valence-corrected chi connectivity index (χ0v) is 11.4. The predicted molar refractivity (Wildman–Crippen MR) is 68.5 cm³/mol. The lowest BCUT2D eigenvalue weighted by Crippen LogP contribution is -2.51. The van der Waals surface area contributed by atoms with Crippen LogP contribution in [0.2, 0.25) is 0 Å². The SMILES string of the molecule is CC(NCC1(C)CCCO1)C(=O)N1CCOCC1. The molecular weight excluding hydrogens is 232 g/mol. The third kappa shape index (κ3) is 3.43. The second-order valence-electron chi connectivity index (χ2n) is 5.44. The molecule has 2 aliphatic heterocycles. The maximum absolute atomic E-state index is 12.2. The minimum absolute atomic E-state index is 0.0977. The molecule has 104 valence electrons. The van der Waals surface area contributed by atoms with E-state index in [1.165, 1.54) is 0 Å². The van der Waals surface area contributed by atoms with Gasteiger partial charge in [0.1, 0.15) is 0 Å². The molecule has 0 aliphatic carbocycles. The second kappa shape index (κ2) is 5.99. The van der Waals surface area contributed by atoms with Crippen molar-refractivity contribution in [1.82, 2.24) is 10.2 Å². The number of ether oxygens (including phenoxy) is 2. The molecule has 5 nitrogen and oxygen atoms in total. The largest absolute Gasteiger partial charge is 0.378 e. The fraction of sp³-hybridized carbons (Fsp3) is 0.923. The molecule has 2 saturated heterocycles. The van der Waals surface area contributed by atoms with E-state index in [4.69, 9.17) is 9.47 Å². The molecule has 2 rings (SSSR count). The number of carbonyl (C=O) groups excluding carboxylic acids is 1. The molecule has 0 saturated carbocycles. The Morgan fingerprint density at radius 3 is 2.72 bits per heavy atom. The fourth-order valence-corrected chi connectivity index (χ4v) is 2.49. The van der Waals surface area contributed by atoms with Crippen molar-refractivity contribution < 1.29 is 14.3 Å². The third-order valence-electron chi connectivity index (χ3n) is 3.78. The smallest absolute Gasteiger partial charge is 0.239 e. The first-order valence-corrected chi connectivity index (χ1v) is 6.85. The van der Waals surface area contributed by atoms with Crippen LogP contribution >= 0.6 is 0 Å².